The molecule has 2 amide bonds. The second-order valence-electron chi connectivity index (χ2n) is 7.65. The molecule has 0 aliphatic rings. The highest BCUT2D eigenvalue weighted by atomic mass is 16.7. The molecule has 9 heteroatoms. The van der Waals surface area contributed by atoms with Gasteiger partial charge in [-0.15, -0.1) is 0 Å². The number of ether oxygens (including phenoxy) is 4. The molecule has 1 N–H and O–H groups in total. The summed E-state index contributed by atoms with van der Waals surface area (Å²) in [6.45, 7) is 10.1. The summed E-state index contributed by atoms with van der Waals surface area (Å²) < 4.78 is 20.6. The van der Waals surface area contributed by atoms with E-state index in [0.29, 0.717) is 12.7 Å². The van der Waals surface area contributed by atoms with Crippen LogP contribution in [0.3, 0.4) is 0 Å². The van der Waals surface area contributed by atoms with Crippen LogP contribution in [0.2, 0.25) is 0 Å². The maximum absolute atomic E-state index is 12.5. The average molecular weight is 376 g/mol. The average Bonchev–Trinajstić information content (AvgIpc) is 2.46. The van der Waals surface area contributed by atoms with Crippen LogP contribution in [0.4, 0.5) is 9.59 Å². The van der Waals surface area contributed by atoms with Gasteiger partial charge < -0.3 is 23.7 Å². The van der Waals surface area contributed by atoms with Crippen LogP contribution in [0.15, 0.2) is 0 Å². The molecule has 9 nitrogen and oxygen atoms in total. The van der Waals surface area contributed by atoms with Gasteiger partial charge in [0.2, 0.25) is 0 Å². The number of nitrogens with zero attached hydrogens (tertiary/aromatic N) is 1. The first-order valence-corrected chi connectivity index (χ1v) is 8.35. The number of carbonyl (C=O) groups excluding carboxylic acids is 3. The number of methoxy groups -OCH3 is 2. The fraction of sp³-hybridized carbons (Fsp3) is 0.824. The Balaban J connectivity index is 5.28. The van der Waals surface area contributed by atoms with Gasteiger partial charge >= 0.3 is 12.2 Å². The van der Waals surface area contributed by atoms with Crippen molar-refractivity contribution in [3.8, 4) is 0 Å². The van der Waals surface area contributed by atoms with E-state index >= 15 is 0 Å². The number of carbonyl (C=O) groups is 3. The zero-order chi connectivity index (χ0) is 20.5. The monoisotopic (exact) mass is 376 g/mol. The van der Waals surface area contributed by atoms with Gasteiger partial charge in [0.25, 0.3) is 0 Å². The first kappa shape index (κ1) is 24.1. The highest BCUT2D eigenvalue weighted by Crippen LogP contribution is 2.15. The fourth-order valence-electron chi connectivity index (χ4n) is 1.87. The van der Waals surface area contributed by atoms with E-state index in [-0.39, 0.29) is 6.42 Å². The second kappa shape index (κ2) is 10.3. The zero-order valence-electron chi connectivity index (χ0n) is 17.0. The fourth-order valence-corrected chi connectivity index (χ4v) is 1.87. The Kier molecular flexibility index (Phi) is 9.58. The zero-order valence-corrected chi connectivity index (χ0v) is 17.0. The molecule has 0 rings (SSSR count). The van der Waals surface area contributed by atoms with Crippen molar-refractivity contribution in [2.24, 2.45) is 0 Å². The molecule has 0 fully saturated rings. The number of rotatable bonds is 7. The van der Waals surface area contributed by atoms with E-state index in [1.54, 1.807) is 41.5 Å². The van der Waals surface area contributed by atoms with Gasteiger partial charge in [0, 0.05) is 20.6 Å². The van der Waals surface area contributed by atoms with E-state index in [0.717, 1.165) is 5.01 Å². The highest BCUT2D eigenvalue weighted by molar-refractivity contribution is 5.77. The van der Waals surface area contributed by atoms with Gasteiger partial charge in [0.05, 0.1) is 0 Å². The summed E-state index contributed by atoms with van der Waals surface area (Å²) in [5.74, 6) is 0. The molecule has 26 heavy (non-hydrogen) atoms. The van der Waals surface area contributed by atoms with Crippen LogP contribution in [0.5, 0.6) is 0 Å². The van der Waals surface area contributed by atoms with Crippen molar-refractivity contribution >= 4 is 18.5 Å². The van der Waals surface area contributed by atoms with Gasteiger partial charge in [-0.1, -0.05) is 0 Å². The first-order chi connectivity index (χ1) is 11.8. The number of hydrogen-bond donors (Lipinski definition) is 1. The van der Waals surface area contributed by atoms with E-state index in [1.165, 1.54) is 14.2 Å². The molecule has 0 aromatic heterocycles. The van der Waals surface area contributed by atoms with Crippen LogP contribution < -0.4 is 5.43 Å². The van der Waals surface area contributed by atoms with Crippen LogP contribution >= 0.6 is 0 Å². The highest BCUT2D eigenvalue weighted by Gasteiger charge is 2.31. The van der Waals surface area contributed by atoms with Crippen molar-refractivity contribution in [1.82, 2.24) is 10.4 Å². The topological polar surface area (TPSA) is 103 Å². The van der Waals surface area contributed by atoms with Crippen molar-refractivity contribution in [2.75, 3.05) is 14.2 Å². The lowest BCUT2D eigenvalue weighted by molar-refractivity contribution is -0.119. The minimum Gasteiger partial charge on any atom is -0.443 e. The first-order valence-electron chi connectivity index (χ1n) is 8.35. The molecule has 0 radical (unpaired) electrons. The smallest absolute Gasteiger partial charge is 0.429 e. The van der Waals surface area contributed by atoms with Crippen LogP contribution in [-0.4, -0.2) is 61.2 Å². The lowest BCUT2D eigenvalue weighted by Gasteiger charge is -2.32. The molecule has 152 valence electrons. The van der Waals surface area contributed by atoms with Crippen molar-refractivity contribution in [1.29, 1.82) is 0 Å². The van der Waals surface area contributed by atoms with E-state index in [1.807, 2.05) is 0 Å². The van der Waals surface area contributed by atoms with E-state index < -0.39 is 35.7 Å². The summed E-state index contributed by atoms with van der Waals surface area (Å²) in [5.41, 5.74) is 0.720. The summed E-state index contributed by atoms with van der Waals surface area (Å²) in [5, 5.41) is 0.828. The third-order valence-corrected chi connectivity index (χ3v) is 2.91. The lowest BCUT2D eigenvalue weighted by atomic mass is 10.1. The Morgan fingerprint density at radius 2 is 1.46 bits per heavy atom. The van der Waals surface area contributed by atoms with Gasteiger partial charge in [0.15, 0.2) is 6.29 Å². The predicted molar refractivity (Wildman–Crippen MR) is 94.3 cm³/mol. The van der Waals surface area contributed by atoms with E-state index in [9.17, 15) is 14.4 Å². The van der Waals surface area contributed by atoms with Crippen molar-refractivity contribution < 1.29 is 33.3 Å². The van der Waals surface area contributed by atoms with E-state index in [2.05, 4.69) is 5.43 Å². The minimum absolute atomic E-state index is 0.185. The number of nitrogens with one attached hydrogen (secondary N) is 1. The van der Waals surface area contributed by atoms with E-state index in [4.69, 9.17) is 18.9 Å². The Bertz CT molecular complexity index is 465. The van der Waals surface area contributed by atoms with Crippen molar-refractivity contribution in [2.45, 2.75) is 77.9 Å². The Morgan fingerprint density at radius 1 is 0.962 bits per heavy atom. The summed E-state index contributed by atoms with van der Waals surface area (Å²) in [7, 11) is 2.93. The molecule has 0 saturated heterocycles. The van der Waals surface area contributed by atoms with Gasteiger partial charge in [0.1, 0.15) is 23.5 Å². The Labute approximate surface area is 155 Å². The van der Waals surface area contributed by atoms with Gasteiger partial charge in [-0.3, -0.25) is 0 Å². The molecule has 0 aliphatic carbocycles. The summed E-state index contributed by atoms with van der Waals surface area (Å²) in [6, 6.07) is -0.981. The molecular formula is C17H32N2O7. The van der Waals surface area contributed by atoms with Gasteiger partial charge in [-0.2, -0.15) is 0 Å². The van der Waals surface area contributed by atoms with Crippen molar-refractivity contribution in [3.63, 3.8) is 0 Å². The van der Waals surface area contributed by atoms with Gasteiger partial charge in [-0.25, -0.2) is 20.0 Å². The van der Waals surface area contributed by atoms with Crippen LogP contribution in [-0.2, 0) is 23.7 Å². The second-order valence-corrected chi connectivity index (χ2v) is 7.65. The normalized spacial score (nSPS) is 13.1. The molecule has 0 unspecified atom stereocenters. The third kappa shape index (κ3) is 10.2. The molecular weight excluding hydrogens is 344 g/mol. The number of hydrazine groups is 1. The predicted octanol–water partition coefficient (Wildman–Crippen LogP) is 2.63. The standard InChI is InChI=1S/C17H32N2O7/c1-16(2,3)25-14(21)18-19(15(22)26-17(4,5)6)12(11-20)9-10-13(23-7)24-8/h11-13H,9-10H2,1-8H3,(H,18,21)/t12-/m1/s1. The number of amides is 2. The molecule has 0 aromatic rings. The summed E-state index contributed by atoms with van der Waals surface area (Å²) >= 11 is 0. The Hall–Kier alpha value is -1.87. The maximum Gasteiger partial charge on any atom is 0.429 e. The molecule has 0 aromatic carbocycles. The quantitative estimate of drug-likeness (QED) is 0.414. The molecule has 0 aliphatic heterocycles. The summed E-state index contributed by atoms with van der Waals surface area (Å²) in [4.78, 5) is 36.1. The summed E-state index contributed by atoms with van der Waals surface area (Å²) in [6.07, 6.45) is -1.23. The number of aldehydes is 1. The molecule has 0 heterocycles. The molecule has 0 saturated carbocycles. The van der Waals surface area contributed by atoms with Crippen LogP contribution in [0, 0.1) is 0 Å². The van der Waals surface area contributed by atoms with Crippen LogP contribution in [0.1, 0.15) is 54.4 Å². The molecule has 0 bridgehead atoms. The van der Waals surface area contributed by atoms with Crippen LogP contribution in [0.25, 0.3) is 0 Å². The molecule has 0 spiro atoms. The lowest BCUT2D eigenvalue weighted by Crippen LogP contribution is -2.55. The SMILES string of the molecule is COC(CC[C@H](C=O)N(NC(=O)OC(C)(C)C)C(=O)OC(C)(C)C)OC. The minimum atomic E-state index is -0.981. The maximum atomic E-state index is 12.5. The van der Waals surface area contributed by atoms with Gasteiger partial charge in [-0.05, 0) is 48.0 Å². The third-order valence-electron chi connectivity index (χ3n) is 2.91. The van der Waals surface area contributed by atoms with Crippen molar-refractivity contribution in [3.05, 3.63) is 0 Å². The largest absolute Gasteiger partial charge is 0.443 e. The molecule has 1 atom stereocenters. The number of hydrogen-bond acceptors (Lipinski definition) is 7. The Morgan fingerprint density at radius 3 is 1.85 bits per heavy atom.